The molecule has 6 fully saturated rings. The molecule has 0 aromatic heterocycles. The summed E-state index contributed by atoms with van der Waals surface area (Å²) >= 11 is 0. The molecule has 8 amide bonds. The predicted molar refractivity (Wildman–Crippen MR) is 211 cm³/mol. The van der Waals surface area contributed by atoms with Crippen LogP contribution in [0.2, 0.25) is 0 Å². The summed E-state index contributed by atoms with van der Waals surface area (Å²) in [4.78, 5) is 109. The SMILES string of the molecule is CC12C(=O)N(c3ccc(N)cc3)C(=O)C1C1(C)C(=O)N(c3ccc(N)cc3)C(=O)C21.Nc1ccc(N2C(=O)C3C(C2=O)C2C(=O)N(c4ccc(N)cc4)C(=O)C32)cc1. The first-order valence-electron chi connectivity index (χ1n) is 18.5. The first kappa shape index (κ1) is 36.3. The van der Waals surface area contributed by atoms with E-state index in [1.165, 1.54) is 0 Å². The molecule has 4 saturated heterocycles. The van der Waals surface area contributed by atoms with Crippen molar-refractivity contribution in [1.29, 1.82) is 0 Å². The molecule has 4 aromatic rings. The van der Waals surface area contributed by atoms with Gasteiger partial charge in [0.2, 0.25) is 47.3 Å². The van der Waals surface area contributed by atoms with E-state index < -0.39 is 93.6 Å². The van der Waals surface area contributed by atoms with Crippen molar-refractivity contribution in [2.24, 2.45) is 46.3 Å². The van der Waals surface area contributed by atoms with Crippen molar-refractivity contribution < 1.29 is 38.4 Å². The van der Waals surface area contributed by atoms with Gasteiger partial charge in [-0.25, -0.2) is 9.80 Å². The molecule has 16 heteroatoms. The number of rotatable bonds is 4. The van der Waals surface area contributed by atoms with Crippen LogP contribution in [-0.2, 0) is 38.4 Å². The highest BCUT2D eigenvalue weighted by molar-refractivity contribution is 6.35. The molecule has 8 N–H and O–H groups in total. The van der Waals surface area contributed by atoms with Crippen LogP contribution in [0.25, 0.3) is 0 Å². The molecule has 0 atom stereocenters. The average Bonchev–Trinajstić information content (AvgIpc) is 3.66. The molecule has 4 heterocycles. The Kier molecular flexibility index (Phi) is 7.55. The van der Waals surface area contributed by atoms with Gasteiger partial charge in [-0.05, 0) is 111 Å². The van der Waals surface area contributed by atoms with Crippen LogP contribution in [0.5, 0.6) is 0 Å². The second-order valence-corrected chi connectivity index (χ2v) is 15.9. The van der Waals surface area contributed by atoms with E-state index in [4.69, 9.17) is 22.9 Å². The van der Waals surface area contributed by atoms with Crippen LogP contribution in [0, 0.1) is 46.3 Å². The fourth-order valence-corrected chi connectivity index (χ4v) is 10.2. The monoisotopic (exact) mass is 780 g/mol. The Labute approximate surface area is 330 Å². The third kappa shape index (κ3) is 4.50. The normalized spacial score (nSPS) is 30.4. The van der Waals surface area contributed by atoms with Gasteiger partial charge in [-0.15, -0.1) is 0 Å². The number of hydrogen-bond acceptors (Lipinski definition) is 12. The topological polar surface area (TPSA) is 254 Å². The number of hydrogen-bond donors (Lipinski definition) is 4. The van der Waals surface area contributed by atoms with E-state index in [0.29, 0.717) is 45.5 Å². The van der Waals surface area contributed by atoms with E-state index in [0.717, 1.165) is 19.6 Å². The van der Waals surface area contributed by atoms with Gasteiger partial charge in [0.05, 0.1) is 69.1 Å². The van der Waals surface area contributed by atoms with Crippen LogP contribution < -0.4 is 42.5 Å². The highest BCUT2D eigenvalue weighted by Crippen LogP contribution is 2.71. The molecular formula is C42H36N8O8. The maximum atomic E-state index is 13.4. The number of nitrogen functional groups attached to an aromatic ring is 4. The second kappa shape index (κ2) is 12.1. The van der Waals surface area contributed by atoms with Crippen molar-refractivity contribution in [1.82, 2.24) is 0 Å². The summed E-state index contributed by atoms with van der Waals surface area (Å²) in [6.45, 7) is 3.22. The van der Waals surface area contributed by atoms with Crippen LogP contribution in [0.15, 0.2) is 97.1 Å². The lowest BCUT2D eigenvalue weighted by Crippen LogP contribution is -2.65. The first-order chi connectivity index (χ1) is 27.5. The van der Waals surface area contributed by atoms with Crippen molar-refractivity contribution in [3.8, 4) is 0 Å². The molecular weight excluding hydrogens is 745 g/mol. The summed E-state index contributed by atoms with van der Waals surface area (Å²) < 4.78 is 0. The lowest BCUT2D eigenvalue weighted by atomic mass is 9.41. The fraction of sp³-hybridized carbons (Fsp3) is 0.238. The summed E-state index contributed by atoms with van der Waals surface area (Å²) in [6, 6.07) is 25.4. The molecule has 0 spiro atoms. The van der Waals surface area contributed by atoms with E-state index in [2.05, 4.69) is 0 Å². The Balaban J connectivity index is 0.000000151. The third-order valence-corrected chi connectivity index (χ3v) is 12.8. The lowest BCUT2D eigenvalue weighted by Gasteiger charge is -2.53. The number of amides is 8. The van der Waals surface area contributed by atoms with Crippen LogP contribution in [0.3, 0.4) is 0 Å². The summed E-state index contributed by atoms with van der Waals surface area (Å²) in [6.07, 6.45) is 0. The Morgan fingerprint density at radius 2 is 0.552 bits per heavy atom. The number of anilines is 8. The number of nitrogens with zero attached hydrogens (tertiary/aromatic N) is 4. The Bertz CT molecular complexity index is 2310. The van der Waals surface area contributed by atoms with Gasteiger partial charge in [0.15, 0.2) is 0 Å². The van der Waals surface area contributed by atoms with Crippen LogP contribution in [0.4, 0.5) is 45.5 Å². The average molecular weight is 781 g/mol. The number of carbonyl (C=O) groups excluding carboxylic acids is 8. The van der Waals surface area contributed by atoms with Crippen LogP contribution in [-0.4, -0.2) is 47.3 Å². The van der Waals surface area contributed by atoms with E-state index in [1.54, 1.807) is 111 Å². The van der Waals surface area contributed by atoms with Crippen molar-refractivity contribution in [2.45, 2.75) is 13.8 Å². The molecule has 0 bridgehead atoms. The number of benzene rings is 4. The summed E-state index contributed by atoms with van der Waals surface area (Å²) in [5.41, 5.74) is 23.8. The largest absolute Gasteiger partial charge is 0.399 e. The lowest BCUT2D eigenvalue weighted by molar-refractivity contribution is -0.179. The van der Waals surface area contributed by atoms with E-state index in [-0.39, 0.29) is 0 Å². The van der Waals surface area contributed by atoms with Crippen LogP contribution >= 0.6 is 0 Å². The molecule has 2 aliphatic carbocycles. The molecule has 2 saturated carbocycles. The summed E-state index contributed by atoms with van der Waals surface area (Å²) in [5, 5.41) is 0. The van der Waals surface area contributed by atoms with Gasteiger partial charge in [0.25, 0.3) is 0 Å². The van der Waals surface area contributed by atoms with Crippen LogP contribution in [0.1, 0.15) is 13.8 Å². The molecule has 0 radical (unpaired) electrons. The van der Waals surface area contributed by atoms with Gasteiger partial charge in [-0.3, -0.25) is 48.2 Å². The molecule has 58 heavy (non-hydrogen) atoms. The molecule has 16 nitrogen and oxygen atoms in total. The van der Waals surface area contributed by atoms with Gasteiger partial charge in [-0.2, -0.15) is 0 Å². The quantitative estimate of drug-likeness (QED) is 0.172. The highest BCUT2D eigenvalue weighted by atomic mass is 16.2. The van der Waals surface area contributed by atoms with Crippen molar-refractivity contribution in [3.05, 3.63) is 97.1 Å². The Morgan fingerprint density at radius 1 is 0.345 bits per heavy atom. The minimum atomic E-state index is -1.28. The van der Waals surface area contributed by atoms with Crippen molar-refractivity contribution in [2.75, 3.05) is 42.5 Å². The zero-order valence-corrected chi connectivity index (χ0v) is 31.1. The zero-order valence-electron chi connectivity index (χ0n) is 31.1. The summed E-state index contributed by atoms with van der Waals surface area (Å²) in [7, 11) is 0. The van der Waals surface area contributed by atoms with Gasteiger partial charge in [0.1, 0.15) is 0 Å². The highest BCUT2D eigenvalue weighted by Gasteiger charge is 2.85. The Morgan fingerprint density at radius 3 is 0.776 bits per heavy atom. The molecule has 6 aliphatic rings. The summed E-state index contributed by atoms with van der Waals surface area (Å²) in [5.74, 6) is -8.66. The zero-order chi connectivity index (χ0) is 41.3. The molecule has 10 rings (SSSR count). The smallest absolute Gasteiger partial charge is 0.241 e. The Hall–Kier alpha value is -7.36. The van der Waals surface area contributed by atoms with Gasteiger partial charge in [-0.1, -0.05) is 0 Å². The van der Waals surface area contributed by atoms with Gasteiger partial charge < -0.3 is 22.9 Å². The minimum absolute atomic E-state index is 0.381. The van der Waals surface area contributed by atoms with E-state index >= 15 is 0 Å². The standard InChI is InChI=1S/C22H20N4O4.C20H16N4O4/c1-21-15(17(27)25(19(21)29)13-7-3-11(23)4-8-13)22(2)16(21)18(28)26(20(22)30)14-9-5-12(24)6-10-14;21-9-1-5-11(6-2-9)23-17(25)13-14(18(23)26)16-15(13)19(27)24(20(16)28)12-7-3-10(22)4-8-12/h3-10,15-16H,23-24H2,1-2H3;1-8,13-16H,21-22H2. The molecule has 0 unspecified atom stereocenters. The van der Waals surface area contributed by atoms with Gasteiger partial charge in [0, 0.05) is 22.7 Å². The maximum Gasteiger partial charge on any atom is 0.241 e. The number of imide groups is 4. The first-order valence-corrected chi connectivity index (χ1v) is 18.5. The number of carbonyl (C=O) groups is 8. The third-order valence-electron chi connectivity index (χ3n) is 12.8. The minimum Gasteiger partial charge on any atom is -0.399 e. The molecule has 4 aliphatic heterocycles. The van der Waals surface area contributed by atoms with Crippen molar-refractivity contribution >= 4 is 92.8 Å². The van der Waals surface area contributed by atoms with Gasteiger partial charge >= 0.3 is 0 Å². The number of nitrogens with two attached hydrogens (primary N) is 4. The van der Waals surface area contributed by atoms with Crippen molar-refractivity contribution in [3.63, 3.8) is 0 Å². The predicted octanol–water partition coefficient (Wildman–Crippen LogP) is 2.33. The molecule has 4 aromatic carbocycles. The van der Waals surface area contributed by atoms with E-state index in [1.807, 2.05) is 0 Å². The maximum absolute atomic E-state index is 13.4. The fourth-order valence-electron chi connectivity index (χ4n) is 10.2. The molecule has 292 valence electrons. The van der Waals surface area contributed by atoms with E-state index in [9.17, 15) is 38.4 Å². The number of fused-ring (bicyclic) bond motifs is 8. The second-order valence-electron chi connectivity index (χ2n) is 15.9.